The van der Waals surface area contributed by atoms with Crippen LogP contribution in [0.4, 0.5) is 0 Å². The molecule has 464 valence electrons. The van der Waals surface area contributed by atoms with Crippen molar-refractivity contribution in [1.82, 2.24) is 15.2 Å². The predicted octanol–water partition coefficient (Wildman–Crippen LogP) is 6.70. The van der Waals surface area contributed by atoms with Crippen LogP contribution in [0.1, 0.15) is 175 Å². The standard InChI is InChI=1S/C66H77N3O18/c1-61(2)46-20-23-66(7)53(43(71)28-40-41-30-62(3,24-25-63(41,4)26-27-65(40,66)6)33-83-69-58(79)38-18-12-13-19-39(38)59(69)80)64(46,5)22-21-47(61)86-60-52(51(74)50(73)45(85-60)32-82-68-56(77)36-16-10-11-17-37(36)57(68)78)87-48-29-42(70)49(72)44(84-48)31-81-67-54(75)34-14-8-9-15-35(34)55(67)76/h8-19,28,41-42,44-53,60,70,72-74H,20-27,29-33H2,1-7H3. The van der Waals surface area contributed by atoms with Crippen molar-refractivity contribution in [3.8, 4) is 0 Å². The van der Waals surface area contributed by atoms with Crippen molar-refractivity contribution in [2.45, 2.75) is 174 Å². The van der Waals surface area contributed by atoms with Crippen molar-refractivity contribution in [2.75, 3.05) is 19.8 Å². The fraction of sp³-hybridized carbons (Fsp3) is 0.591. The molecular weight excluding hydrogens is 1120 g/mol. The summed E-state index contributed by atoms with van der Waals surface area (Å²) in [6, 6.07) is 19.1. The molecule has 6 fully saturated rings. The number of carbonyl (C=O) groups is 7. The fourth-order valence-electron chi connectivity index (χ4n) is 17.7. The van der Waals surface area contributed by atoms with Gasteiger partial charge in [-0.15, -0.1) is 15.2 Å². The molecule has 21 heteroatoms. The van der Waals surface area contributed by atoms with Gasteiger partial charge in [0.1, 0.15) is 49.8 Å². The number of carbonyl (C=O) groups excluding carboxylic acids is 7. The lowest BCUT2D eigenvalue weighted by molar-refractivity contribution is -0.369. The minimum atomic E-state index is -1.81. The molecule has 4 saturated carbocycles. The van der Waals surface area contributed by atoms with E-state index in [2.05, 4.69) is 48.5 Å². The first-order valence-corrected chi connectivity index (χ1v) is 30.7. The van der Waals surface area contributed by atoms with Crippen LogP contribution in [0.25, 0.3) is 0 Å². The van der Waals surface area contributed by atoms with Crippen molar-refractivity contribution < 1.29 is 87.4 Å². The average molecular weight is 1200 g/mol. The first kappa shape index (κ1) is 60.0. The maximum absolute atomic E-state index is 15.5. The number of fused-ring (bicyclic) bond motifs is 10. The number of imide groups is 3. The topological polar surface area (TPSA) is 275 Å². The third-order valence-corrected chi connectivity index (χ3v) is 22.9. The van der Waals surface area contributed by atoms with Crippen LogP contribution in [0.3, 0.4) is 0 Å². The Balaban J connectivity index is 0.741. The Labute approximate surface area is 504 Å². The molecule has 10 aliphatic rings. The number of ketones is 1. The number of hydroxylamine groups is 6. The number of rotatable bonds is 13. The molecule has 3 aromatic carbocycles. The lowest BCUT2D eigenvalue weighted by Crippen LogP contribution is -2.67. The van der Waals surface area contributed by atoms with Crippen molar-refractivity contribution in [2.24, 2.45) is 50.2 Å². The second-order valence-corrected chi connectivity index (χ2v) is 28.2. The summed E-state index contributed by atoms with van der Waals surface area (Å²) in [5.74, 6) is -4.07. The van der Waals surface area contributed by atoms with Crippen molar-refractivity contribution >= 4 is 41.2 Å². The van der Waals surface area contributed by atoms with Crippen LogP contribution in [-0.4, -0.2) is 158 Å². The molecular formula is C66H77N3O18. The van der Waals surface area contributed by atoms with Crippen LogP contribution < -0.4 is 0 Å². The molecule has 5 heterocycles. The molecule has 21 nitrogen and oxygen atoms in total. The molecule has 0 bridgehead atoms. The highest BCUT2D eigenvalue weighted by atomic mass is 16.8. The van der Waals surface area contributed by atoms with Crippen molar-refractivity contribution in [3.63, 3.8) is 0 Å². The molecule has 18 unspecified atom stereocenters. The van der Waals surface area contributed by atoms with Crippen LogP contribution in [0, 0.1) is 50.2 Å². The number of ether oxygens (including phenoxy) is 4. The van der Waals surface area contributed by atoms with Crippen LogP contribution in [-0.2, 0) is 38.3 Å². The maximum Gasteiger partial charge on any atom is 0.285 e. The van der Waals surface area contributed by atoms with E-state index in [9.17, 15) is 49.2 Å². The van der Waals surface area contributed by atoms with Gasteiger partial charge in [0.2, 0.25) is 0 Å². The number of aliphatic hydroxyl groups excluding tert-OH is 4. The van der Waals surface area contributed by atoms with Crippen LogP contribution in [0.15, 0.2) is 84.4 Å². The van der Waals surface area contributed by atoms with Gasteiger partial charge in [-0.2, -0.15) is 0 Å². The predicted molar refractivity (Wildman–Crippen MR) is 304 cm³/mol. The lowest BCUT2D eigenvalue weighted by atomic mass is 9.33. The van der Waals surface area contributed by atoms with E-state index in [1.807, 2.05) is 6.08 Å². The van der Waals surface area contributed by atoms with Gasteiger partial charge in [-0.05, 0) is 145 Å². The first-order valence-electron chi connectivity index (χ1n) is 30.7. The van der Waals surface area contributed by atoms with E-state index < -0.39 is 132 Å². The molecule has 0 aromatic heterocycles. The zero-order chi connectivity index (χ0) is 61.7. The van der Waals surface area contributed by atoms with Crippen LogP contribution in [0.5, 0.6) is 0 Å². The van der Waals surface area contributed by atoms with E-state index in [4.69, 9.17) is 33.5 Å². The normalized spacial score (nSPS) is 40.3. The number of hydrogen-bond donors (Lipinski definition) is 4. The summed E-state index contributed by atoms with van der Waals surface area (Å²) >= 11 is 0. The lowest BCUT2D eigenvalue weighted by Gasteiger charge is -2.70. The summed E-state index contributed by atoms with van der Waals surface area (Å²) in [5, 5.41) is 48.4. The molecule has 5 aliphatic heterocycles. The van der Waals surface area contributed by atoms with Gasteiger partial charge in [0.25, 0.3) is 35.4 Å². The van der Waals surface area contributed by atoms with E-state index in [1.54, 1.807) is 48.5 Å². The van der Waals surface area contributed by atoms with Crippen LogP contribution in [0.2, 0.25) is 0 Å². The molecule has 5 aliphatic carbocycles. The van der Waals surface area contributed by atoms with E-state index in [1.165, 1.54) is 29.8 Å². The summed E-state index contributed by atoms with van der Waals surface area (Å²) in [7, 11) is 0. The summed E-state index contributed by atoms with van der Waals surface area (Å²) in [6.45, 7) is 14.7. The summed E-state index contributed by atoms with van der Waals surface area (Å²) in [4.78, 5) is 113. The minimum Gasteiger partial charge on any atom is -0.390 e. The Bertz CT molecular complexity index is 3300. The van der Waals surface area contributed by atoms with E-state index >= 15 is 4.79 Å². The van der Waals surface area contributed by atoms with E-state index in [-0.39, 0.29) is 69.6 Å². The SMILES string of the molecule is CC1(CON2C(=O)c3ccccc3C2=O)CCC2(C)CCC3(C)C(=CC(=O)C4C5(C)CCC(OC6OC(CON7C(=O)c8ccccc8C7=O)C(O)C(O)C6OC6CC(O)C(O)C(CON7C(=O)c8ccccc8C7=O)O6)C(C)(C)C5CCC43C)C2C1. The molecule has 2 saturated heterocycles. The molecule has 13 rings (SSSR count). The maximum atomic E-state index is 15.5. The van der Waals surface area contributed by atoms with Crippen LogP contribution >= 0.6 is 0 Å². The second kappa shape index (κ2) is 21.4. The fourth-order valence-corrected chi connectivity index (χ4v) is 17.7. The van der Waals surface area contributed by atoms with Crippen molar-refractivity contribution in [3.05, 3.63) is 118 Å². The Morgan fingerprint density at radius 2 is 1.05 bits per heavy atom. The zero-order valence-electron chi connectivity index (χ0n) is 50.0. The first-order chi connectivity index (χ1) is 41.2. The molecule has 0 spiro atoms. The summed E-state index contributed by atoms with van der Waals surface area (Å²) in [6.07, 6.45) is -5.99. The van der Waals surface area contributed by atoms with Gasteiger partial charge >= 0.3 is 0 Å². The number of benzene rings is 3. The third-order valence-electron chi connectivity index (χ3n) is 22.9. The van der Waals surface area contributed by atoms with Gasteiger partial charge in [-0.1, -0.05) is 90.4 Å². The van der Waals surface area contributed by atoms with Gasteiger partial charge < -0.3 is 39.4 Å². The number of nitrogens with zero attached hydrogens (tertiary/aromatic N) is 3. The molecule has 6 amide bonds. The number of allylic oxidation sites excluding steroid dienone is 2. The number of hydrogen-bond acceptors (Lipinski definition) is 18. The van der Waals surface area contributed by atoms with E-state index in [0.717, 1.165) is 50.0 Å². The molecule has 0 radical (unpaired) electrons. The van der Waals surface area contributed by atoms with E-state index in [0.29, 0.717) is 34.1 Å². The minimum absolute atomic E-state index is 0.0614. The monoisotopic (exact) mass is 1200 g/mol. The highest BCUT2D eigenvalue weighted by molar-refractivity contribution is 6.22. The Hall–Kier alpha value is -5.95. The highest BCUT2D eigenvalue weighted by Crippen LogP contribution is 2.75. The molecule has 3 aromatic rings. The van der Waals surface area contributed by atoms with Gasteiger partial charge in [-0.25, -0.2) is 0 Å². The Morgan fingerprint density at radius 1 is 0.552 bits per heavy atom. The summed E-state index contributed by atoms with van der Waals surface area (Å²) < 4.78 is 26.2. The quantitative estimate of drug-likeness (QED) is 0.102. The zero-order valence-corrected chi connectivity index (χ0v) is 50.0. The highest BCUT2D eigenvalue weighted by Gasteiger charge is 2.71. The average Bonchev–Trinajstić information content (AvgIpc) is 1.36. The third kappa shape index (κ3) is 9.29. The molecule has 87 heavy (non-hydrogen) atoms. The number of amides is 6. The smallest absolute Gasteiger partial charge is 0.285 e. The Kier molecular flexibility index (Phi) is 14.7. The van der Waals surface area contributed by atoms with Crippen molar-refractivity contribution in [1.29, 1.82) is 0 Å². The Morgan fingerprint density at radius 3 is 1.57 bits per heavy atom. The van der Waals surface area contributed by atoms with Gasteiger partial charge in [0.05, 0.1) is 52.2 Å². The summed E-state index contributed by atoms with van der Waals surface area (Å²) in [5.41, 5.74) is -0.0621. The molecule has 4 N–H and O–H groups in total. The number of aliphatic hydroxyl groups is 4. The second-order valence-electron chi connectivity index (χ2n) is 28.2. The molecule has 18 atom stereocenters. The van der Waals surface area contributed by atoms with Gasteiger partial charge in [0, 0.05) is 12.3 Å². The van der Waals surface area contributed by atoms with Gasteiger partial charge in [0.15, 0.2) is 18.4 Å². The largest absolute Gasteiger partial charge is 0.390 e. The van der Waals surface area contributed by atoms with Gasteiger partial charge in [-0.3, -0.25) is 48.1 Å².